The van der Waals surface area contributed by atoms with Crippen molar-refractivity contribution in [1.29, 1.82) is 0 Å². The Hall–Kier alpha value is -2.15. The van der Waals surface area contributed by atoms with Crippen LogP contribution in [0.25, 0.3) is 0 Å². The van der Waals surface area contributed by atoms with Crippen LogP contribution in [0.15, 0.2) is 48.9 Å². The molecule has 2 atom stereocenters. The maximum absolute atomic E-state index is 10.1. The van der Waals surface area contributed by atoms with Crippen molar-refractivity contribution in [3.8, 4) is 0 Å². The van der Waals surface area contributed by atoms with Crippen molar-refractivity contribution < 1.29 is 5.02 Å². The number of piperidine rings is 1. The second kappa shape index (κ2) is 10.2. The fourth-order valence-corrected chi connectivity index (χ4v) is 6.32. The maximum Gasteiger partial charge on any atom is 0.376 e. The Morgan fingerprint density at radius 1 is 1.12 bits per heavy atom. The van der Waals surface area contributed by atoms with Gasteiger partial charge in [-0.05, 0) is 106 Å². The van der Waals surface area contributed by atoms with E-state index in [2.05, 4.69) is 51.7 Å². The van der Waals surface area contributed by atoms with Crippen molar-refractivity contribution >= 4 is 18.7 Å². The van der Waals surface area contributed by atoms with Crippen LogP contribution in [-0.4, -0.2) is 44.5 Å². The fraction of sp³-hybridized carbons (Fsp3) is 0.481. The molecule has 178 valence electrons. The van der Waals surface area contributed by atoms with E-state index in [-0.39, 0.29) is 13.0 Å². The molecule has 2 unspecified atom stereocenters. The van der Waals surface area contributed by atoms with Crippen LogP contribution in [0.5, 0.6) is 0 Å². The van der Waals surface area contributed by atoms with Gasteiger partial charge in [-0.3, -0.25) is 4.98 Å². The van der Waals surface area contributed by atoms with Gasteiger partial charge in [0.2, 0.25) is 0 Å². The summed E-state index contributed by atoms with van der Waals surface area (Å²) in [4.78, 5) is 11.6. The quantitative estimate of drug-likeness (QED) is 0.490. The standard InChI is InChI=1S/C27H34BClN4O/c1-19-30-12-16-32(19)13-4-5-21-17-22-18-23(29)7-8-24(22)26(27-25(21)6-3-11-31-27)20-9-14-33(15-10-20)28(2)34/h3,6-8,11-12,16,18,20-21,26,34H,4-5,9-10,13-15,17H2,1-2H3. The SMILES string of the molecule is CB(O)N1CCC(C2c3ccc(Cl)cc3CC(CCCn3ccnc3C)c3cccnc32)CC1. The van der Waals surface area contributed by atoms with Gasteiger partial charge in [-0.2, -0.15) is 0 Å². The van der Waals surface area contributed by atoms with Crippen molar-refractivity contribution in [3.05, 3.63) is 82.2 Å². The lowest BCUT2D eigenvalue weighted by Gasteiger charge is -2.37. The topological polar surface area (TPSA) is 54.2 Å². The Bertz CT molecular complexity index is 1130. The van der Waals surface area contributed by atoms with Crippen molar-refractivity contribution in [2.45, 2.75) is 64.2 Å². The highest BCUT2D eigenvalue weighted by Crippen LogP contribution is 2.46. The Morgan fingerprint density at radius 3 is 2.68 bits per heavy atom. The second-order valence-corrected chi connectivity index (χ2v) is 10.5. The molecule has 1 saturated heterocycles. The molecule has 5 nitrogen and oxygen atoms in total. The Morgan fingerprint density at radius 2 is 1.94 bits per heavy atom. The van der Waals surface area contributed by atoms with Gasteiger partial charge in [-0.25, -0.2) is 4.98 Å². The predicted molar refractivity (Wildman–Crippen MR) is 138 cm³/mol. The van der Waals surface area contributed by atoms with Gasteiger partial charge in [0.05, 0.1) is 5.69 Å². The lowest BCUT2D eigenvalue weighted by molar-refractivity contribution is 0.235. The number of nitrogens with zero attached hydrogens (tertiary/aromatic N) is 4. The highest BCUT2D eigenvalue weighted by molar-refractivity contribution is 6.45. The highest BCUT2D eigenvalue weighted by Gasteiger charge is 2.37. The molecule has 2 aromatic heterocycles. The third-order valence-electron chi connectivity index (χ3n) is 7.96. The lowest BCUT2D eigenvalue weighted by Crippen LogP contribution is -2.44. The predicted octanol–water partition coefficient (Wildman–Crippen LogP) is 5.31. The Kier molecular flexibility index (Phi) is 7.10. The number of rotatable bonds is 6. The summed E-state index contributed by atoms with van der Waals surface area (Å²) in [6, 6.07) is 10.9. The first-order valence-corrected chi connectivity index (χ1v) is 13.0. The van der Waals surface area contributed by atoms with Crippen molar-refractivity contribution in [2.75, 3.05) is 13.1 Å². The molecule has 1 aliphatic heterocycles. The van der Waals surface area contributed by atoms with E-state index in [1.807, 2.05) is 25.3 Å². The van der Waals surface area contributed by atoms with Gasteiger partial charge in [0.1, 0.15) is 5.82 Å². The molecule has 2 aliphatic rings. The monoisotopic (exact) mass is 476 g/mol. The summed E-state index contributed by atoms with van der Waals surface area (Å²) in [5.41, 5.74) is 5.42. The van der Waals surface area contributed by atoms with Gasteiger partial charge in [-0.15, -0.1) is 0 Å². The number of benzene rings is 1. The summed E-state index contributed by atoms with van der Waals surface area (Å²) in [7, 11) is -0.380. The van der Waals surface area contributed by atoms with E-state index < -0.39 is 0 Å². The van der Waals surface area contributed by atoms with Crippen LogP contribution in [0.2, 0.25) is 11.8 Å². The summed E-state index contributed by atoms with van der Waals surface area (Å²) in [5.74, 6) is 2.28. The molecule has 7 heteroatoms. The van der Waals surface area contributed by atoms with Crippen molar-refractivity contribution in [2.24, 2.45) is 5.92 Å². The molecular weight excluding hydrogens is 443 g/mol. The maximum atomic E-state index is 10.1. The van der Waals surface area contributed by atoms with E-state index in [0.29, 0.717) is 11.8 Å². The summed E-state index contributed by atoms with van der Waals surface area (Å²) in [6.07, 6.45) is 11.3. The molecule has 0 bridgehead atoms. The van der Waals surface area contributed by atoms with E-state index >= 15 is 0 Å². The summed E-state index contributed by atoms with van der Waals surface area (Å²) in [5, 5.41) is 10.9. The number of hydrogen-bond donors (Lipinski definition) is 1. The minimum Gasteiger partial charge on any atom is -0.437 e. The molecule has 3 aromatic rings. The number of fused-ring (bicyclic) bond motifs is 2. The van der Waals surface area contributed by atoms with E-state index in [1.54, 1.807) is 0 Å². The summed E-state index contributed by atoms with van der Waals surface area (Å²) >= 11 is 6.51. The average Bonchev–Trinajstić information content (AvgIpc) is 3.19. The van der Waals surface area contributed by atoms with Crippen LogP contribution in [0.4, 0.5) is 0 Å². The molecule has 1 N–H and O–H groups in total. The third kappa shape index (κ3) is 4.81. The van der Waals surface area contributed by atoms with Crippen molar-refractivity contribution in [1.82, 2.24) is 19.3 Å². The minimum atomic E-state index is -0.380. The van der Waals surface area contributed by atoms with Crippen LogP contribution in [0.3, 0.4) is 0 Å². The van der Waals surface area contributed by atoms with Gasteiger partial charge < -0.3 is 14.4 Å². The minimum absolute atomic E-state index is 0.278. The van der Waals surface area contributed by atoms with Gasteiger partial charge >= 0.3 is 7.05 Å². The molecule has 1 aliphatic carbocycles. The molecule has 0 radical (unpaired) electrons. The third-order valence-corrected chi connectivity index (χ3v) is 8.20. The van der Waals surface area contributed by atoms with Gasteiger partial charge in [0.15, 0.2) is 0 Å². The van der Waals surface area contributed by atoms with E-state index in [1.165, 1.54) is 22.4 Å². The van der Waals surface area contributed by atoms with Crippen LogP contribution in [-0.2, 0) is 13.0 Å². The number of pyridine rings is 1. The first kappa shape index (κ1) is 23.6. The van der Waals surface area contributed by atoms with Crippen LogP contribution < -0.4 is 0 Å². The number of hydrogen-bond acceptors (Lipinski definition) is 4. The average molecular weight is 477 g/mol. The van der Waals surface area contributed by atoms with Gasteiger partial charge in [0.25, 0.3) is 0 Å². The smallest absolute Gasteiger partial charge is 0.376 e. The molecule has 1 fully saturated rings. The second-order valence-electron chi connectivity index (χ2n) is 10.0. The largest absolute Gasteiger partial charge is 0.437 e. The number of imidazole rings is 1. The summed E-state index contributed by atoms with van der Waals surface area (Å²) < 4.78 is 2.24. The number of aryl methyl sites for hydroxylation is 2. The fourth-order valence-electron chi connectivity index (χ4n) is 6.12. The molecule has 0 amide bonds. The van der Waals surface area contributed by atoms with Gasteiger partial charge in [-0.1, -0.05) is 23.7 Å². The van der Waals surface area contributed by atoms with E-state index in [4.69, 9.17) is 16.6 Å². The Balaban J connectivity index is 1.46. The summed E-state index contributed by atoms with van der Waals surface area (Å²) in [6.45, 7) is 6.78. The number of aromatic nitrogens is 3. The molecular formula is C27H34BClN4O. The van der Waals surface area contributed by atoms with Gasteiger partial charge in [0, 0.05) is 36.1 Å². The Labute approximate surface area is 208 Å². The first-order valence-electron chi connectivity index (χ1n) is 12.6. The van der Waals surface area contributed by atoms with Crippen LogP contribution >= 0.6 is 11.6 Å². The number of halogens is 1. The normalized spacial score (nSPS) is 21.1. The zero-order chi connectivity index (χ0) is 23.7. The molecule has 34 heavy (non-hydrogen) atoms. The molecule has 0 saturated carbocycles. The molecule has 0 spiro atoms. The zero-order valence-corrected chi connectivity index (χ0v) is 21.0. The first-order chi connectivity index (χ1) is 16.5. The molecule has 1 aromatic carbocycles. The molecule has 3 heterocycles. The lowest BCUT2D eigenvalue weighted by atomic mass is 9.73. The zero-order valence-electron chi connectivity index (χ0n) is 20.2. The van der Waals surface area contributed by atoms with Crippen molar-refractivity contribution in [3.63, 3.8) is 0 Å². The van der Waals surface area contributed by atoms with Crippen LogP contribution in [0, 0.1) is 12.8 Å². The van der Waals surface area contributed by atoms with E-state index in [9.17, 15) is 5.02 Å². The molecule has 5 rings (SSSR count). The van der Waals surface area contributed by atoms with Crippen LogP contribution in [0.1, 0.15) is 65.7 Å². The highest BCUT2D eigenvalue weighted by atomic mass is 35.5. The van der Waals surface area contributed by atoms with E-state index in [0.717, 1.165) is 62.6 Å².